The maximum absolute atomic E-state index is 13.8. The van der Waals surface area contributed by atoms with Gasteiger partial charge < -0.3 is 16.0 Å². The number of primary amides is 1. The third-order valence-corrected chi connectivity index (χ3v) is 3.72. The van der Waals surface area contributed by atoms with Crippen molar-refractivity contribution in [1.29, 1.82) is 0 Å². The molecule has 1 aromatic carbocycles. The molecule has 0 bridgehead atoms. The quantitative estimate of drug-likeness (QED) is 0.883. The average molecular weight is 330 g/mol. The smallest absolute Gasteiger partial charge is 0.322 e. The lowest BCUT2D eigenvalue weighted by molar-refractivity contribution is 0.0996. The third-order valence-electron chi connectivity index (χ3n) is 3.72. The number of nitrogens with one attached hydrogen (secondary N) is 1. The topological polar surface area (TPSA) is 88.3 Å². The summed E-state index contributed by atoms with van der Waals surface area (Å²) < 4.78 is 13.8. The molecule has 2 rings (SSSR count). The summed E-state index contributed by atoms with van der Waals surface area (Å²) >= 11 is 0. The number of carbonyl (C=O) groups excluding carboxylic acids is 2. The lowest BCUT2D eigenvalue weighted by Crippen LogP contribution is -2.37. The van der Waals surface area contributed by atoms with Gasteiger partial charge in [0.2, 0.25) is 0 Å². The van der Waals surface area contributed by atoms with Gasteiger partial charge in [0.15, 0.2) is 0 Å². The van der Waals surface area contributed by atoms with Gasteiger partial charge in [0.05, 0.1) is 11.6 Å². The van der Waals surface area contributed by atoms with Crippen LogP contribution in [0.5, 0.6) is 0 Å². The lowest BCUT2D eigenvalue weighted by Gasteiger charge is -2.28. The Kier molecular flexibility index (Phi) is 5.47. The Morgan fingerprint density at radius 3 is 2.67 bits per heavy atom. The fourth-order valence-electron chi connectivity index (χ4n) is 2.38. The zero-order valence-corrected chi connectivity index (χ0v) is 13.5. The summed E-state index contributed by atoms with van der Waals surface area (Å²) in [7, 11) is 0. The molecule has 3 N–H and O–H groups in total. The van der Waals surface area contributed by atoms with Gasteiger partial charge in [-0.05, 0) is 43.7 Å². The van der Waals surface area contributed by atoms with Crippen molar-refractivity contribution in [1.82, 2.24) is 9.88 Å². The molecule has 0 saturated carbocycles. The normalized spacial score (nSPS) is 11.6. The molecule has 0 saturated heterocycles. The largest absolute Gasteiger partial charge is 0.366 e. The molecule has 0 aliphatic heterocycles. The first-order chi connectivity index (χ1) is 11.4. The van der Waals surface area contributed by atoms with Crippen molar-refractivity contribution in [3.05, 3.63) is 59.7 Å². The first-order valence-electron chi connectivity index (χ1n) is 7.51. The molecule has 0 aliphatic carbocycles. The third kappa shape index (κ3) is 3.87. The van der Waals surface area contributed by atoms with E-state index < -0.39 is 11.7 Å². The molecule has 0 unspecified atom stereocenters. The van der Waals surface area contributed by atoms with Gasteiger partial charge in [0.25, 0.3) is 5.91 Å². The molecule has 0 spiro atoms. The van der Waals surface area contributed by atoms with Gasteiger partial charge in [-0.1, -0.05) is 6.07 Å². The molecule has 7 heteroatoms. The molecule has 6 nitrogen and oxygen atoms in total. The highest BCUT2D eigenvalue weighted by molar-refractivity contribution is 5.94. The summed E-state index contributed by atoms with van der Waals surface area (Å²) in [6.07, 6.45) is 3.36. The molecule has 24 heavy (non-hydrogen) atoms. The SMILES string of the molecule is CCN(C(=O)Nc1ccc(C(N)=O)c(F)c1)[C@H](C)c1cccnc1. The summed E-state index contributed by atoms with van der Waals surface area (Å²) in [6.45, 7) is 4.20. The van der Waals surface area contributed by atoms with Crippen LogP contribution >= 0.6 is 0 Å². The molecular weight excluding hydrogens is 311 g/mol. The van der Waals surface area contributed by atoms with E-state index in [-0.39, 0.29) is 23.3 Å². The van der Waals surface area contributed by atoms with Crippen molar-refractivity contribution in [3.8, 4) is 0 Å². The van der Waals surface area contributed by atoms with Crippen molar-refractivity contribution in [2.75, 3.05) is 11.9 Å². The molecule has 126 valence electrons. The number of aromatic nitrogens is 1. The van der Waals surface area contributed by atoms with E-state index >= 15 is 0 Å². The Hall–Kier alpha value is -2.96. The van der Waals surface area contributed by atoms with Crippen LogP contribution in [0.1, 0.15) is 35.8 Å². The zero-order valence-electron chi connectivity index (χ0n) is 13.5. The lowest BCUT2D eigenvalue weighted by atomic mass is 10.1. The number of benzene rings is 1. The number of rotatable bonds is 5. The van der Waals surface area contributed by atoms with E-state index in [1.807, 2.05) is 19.9 Å². The number of hydrogen-bond donors (Lipinski definition) is 2. The maximum atomic E-state index is 13.8. The number of nitrogens with two attached hydrogens (primary N) is 1. The minimum atomic E-state index is -0.856. The Labute approximate surface area is 139 Å². The van der Waals surface area contributed by atoms with Crippen molar-refractivity contribution in [2.45, 2.75) is 19.9 Å². The standard InChI is InChI=1S/C17H19FN4O2/c1-3-22(11(2)12-5-4-8-20-10-12)17(24)21-13-6-7-14(16(19)23)15(18)9-13/h4-11H,3H2,1-2H3,(H2,19,23)(H,21,24)/t11-/m1/s1. The Balaban J connectivity index is 2.15. The fraction of sp³-hybridized carbons (Fsp3) is 0.235. The van der Waals surface area contributed by atoms with E-state index in [0.29, 0.717) is 6.54 Å². The minimum Gasteiger partial charge on any atom is -0.366 e. The number of amides is 3. The monoisotopic (exact) mass is 330 g/mol. The summed E-state index contributed by atoms with van der Waals surface area (Å²) in [5, 5.41) is 2.63. The number of urea groups is 1. The molecule has 0 aliphatic rings. The van der Waals surface area contributed by atoms with E-state index in [1.165, 1.54) is 12.1 Å². The van der Waals surface area contributed by atoms with E-state index in [4.69, 9.17) is 5.73 Å². The van der Waals surface area contributed by atoms with Crippen LogP contribution in [0.2, 0.25) is 0 Å². The Morgan fingerprint density at radius 1 is 1.38 bits per heavy atom. The van der Waals surface area contributed by atoms with Gasteiger partial charge in [-0.3, -0.25) is 9.78 Å². The van der Waals surface area contributed by atoms with Gasteiger partial charge in [-0.15, -0.1) is 0 Å². The molecule has 1 atom stereocenters. The predicted molar refractivity (Wildman–Crippen MR) is 89.0 cm³/mol. The summed E-state index contributed by atoms with van der Waals surface area (Å²) in [4.78, 5) is 29.2. The molecule has 0 radical (unpaired) electrons. The van der Waals surface area contributed by atoms with Gasteiger partial charge in [0.1, 0.15) is 5.82 Å². The van der Waals surface area contributed by atoms with E-state index in [1.54, 1.807) is 23.4 Å². The molecule has 2 aromatic rings. The van der Waals surface area contributed by atoms with E-state index in [2.05, 4.69) is 10.3 Å². The van der Waals surface area contributed by atoms with Crippen LogP contribution in [0.25, 0.3) is 0 Å². The van der Waals surface area contributed by atoms with Gasteiger partial charge in [0, 0.05) is 24.6 Å². The van der Waals surface area contributed by atoms with Gasteiger partial charge in [-0.25, -0.2) is 9.18 Å². The van der Waals surface area contributed by atoms with Crippen LogP contribution in [-0.4, -0.2) is 28.4 Å². The minimum absolute atomic E-state index is 0.196. The molecule has 3 amide bonds. The highest BCUT2D eigenvalue weighted by atomic mass is 19.1. The second kappa shape index (κ2) is 7.54. The van der Waals surface area contributed by atoms with Crippen LogP contribution < -0.4 is 11.1 Å². The van der Waals surface area contributed by atoms with Gasteiger partial charge >= 0.3 is 6.03 Å². The number of anilines is 1. The highest BCUT2D eigenvalue weighted by Crippen LogP contribution is 2.21. The highest BCUT2D eigenvalue weighted by Gasteiger charge is 2.20. The number of carbonyl (C=O) groups is 2. The van der Waals surface area contributed by atoms with Crippen LogP contribution in [0.15, 0.2) is 42.7 Å². The second-order valence-electron chi connectivity index (χ2n) is 5.24. The maximum Gasteiger partial charge on any atom is 0.322 e. The first kappa shape index (κ1) is 17.4. The molecule has 1 aromatic heterocycles. The summed E-state index contributed by atoms with van der Waals surface area (Å²) in [6, 6.07) is 6.86. The predicted octanol–water partition coefficient (Wildman–Crippen LogP) is 2.93. The fourth-order valence-corrected chi connectivity index (χ4v) is 2.38. The van der Waals surface area contributed by atoms with Crippen LogP contribution in [0.3, 0.4) is 0 Å². The summed E-state index contributed by atoms with van der Waals surface area (Å²) in [5.74, 6) is -1.63. The molecular formula is C17H19FN4O2. The number of nitrogens with zero attached hydrogens (tertiary/aromatic N) is 2. The van der Waals surface area contributed by atoms with Crippen LogP contribution in [0, 0.1) is 5.82 Å². The van der Waals surface area contributed by atoms with Crippen LogP contribution in [-0.2, 0) is 0 Å². The van der Waals surface area contributed by atoms with Crippen molar-refractivity contribution in [3.63, 3.8) is 0 Å². The Bertz CT molecular complexity index is 737. The first-order valence-corrected chi connectivity index (χ1v) is 7.51. The molecule has 0 fully saturated rings. The summed E-state index contributed by atoms with van der Waals surface area (Å²) in [5.41, 5.74) is 5.98. The number of hydrogen-bond acceptors (Lipinski definition) is 3. The number of pyridine rings is 1. The van der Waals surface area contributed by atoms with Crippen molar-refractivity contribution < 1.29 is 14.0 Å². The molecule has 1 heterocycles. The number of halogens is 1. The van der Waals surface area contributed by atoms with E-state index in [9.17, 15) is 14.0 Å². The second-order valence-corrected chi connectivity index (χ2v) is 5.24. The van der Waals surface area contributed by atoms with Crippen LogP contribution in [0.4, 0.5) is 14.9 Å². The zero-order chi connectivity index (χ0) is 17.7. The van der Waals surface area contributed by atoms with E-state index in [0.717, 1.165) is 11.6 Å². The average Bonchev–Trinajstić information content (AvgIpc) is 2.56. The van der Waals surface area contributed by atoms with Crippen molar-refractivity contribution >= 4 is 17.6 Å². The van der Waals surface area contributed by atoms with Crippen molar-refractivity contribution in [2.24, 2.45) is 5.73 Å². The van der Waals surface area contributed by atoms with Gasteiger partial charge in [-0.2, -0.15) is 0 Å². The Morgan fingerprint density at radius 2 is 2.12 bits per heavy atom.